The highest BCUT2D eigenvalue weighted by atomic mass is 32.2. The average Bonchev–Trinajstić information content (AvgIpc) is 2.91. The van der Waals surface area contributed by atoms with Crippen LogP contribution in [0.25, 0.3) is 6.08 Å². The van der Waals surface area contributed by atoms with Gasteiger partial charge in [0.2, 0.25) is 0 Å². The lowest BCUT2D eigenvalue weighted by Crippen LogP contribution is -2.38. The van der Waals surface area contributed by atoms with Gasteiger partial charge in [0.05, 0.1) is 18.1 Å². The highest BCUT2D eigenvalue weighted by Gasteiger charge is 2.28. The molecule has 0 bridgehead atoms. The summed E-state index contributed by atoms with van der Waals surface area (Å²) in [6.45, 7) is 2.03. The van der Waals surface area contributed by atoms with Crippen molar-refractivity contribution in [1.82, 2.24) is 5.32 Å². The van der Waals surface area contributed by atoms with Gasteiger partial charge in [-0.25, -0.2) is 13.2 Å². The van der Waals surface area contributed by atoms with Crippen LogP contribution in [0, 0.1) is 0 Å². The number of sulfone groups is 1. The third kappa shape index (κ3) is 6.58. The Hall–Kier alpha value is -2.35. The summed E-state index contributed by atoms with van der Waals surface area (Å²) in [5.41, 5.74) is 0.793. The lowest BCUT2D eigenvalue weighted by Gasteiger charge is -2.10. The van der Waals surface area contributed by atoms with Crippen molar-refractivity contribution in [3.63, 3.8) is 0 Å². The van der Waals surface area contributed by atoms with Crippen LogP contribution in [0.4, 0.5) is 0 Å². The van der Waals surface area contributed by atoms with E-state index in [0.29, 0.717) is 13.0 Å². The molecular formula is C17H21NO6S. The van der Waals surface area contributed by atoms with Crippen LogP contribution in [-0.2, 0) is 24.2 Å². The number of benzene rings is 1. The molecule has 1 N–H and O–H groups in total. The van der Waals surface area contributed by atoms with Gasteiger partial charge in [-0.3, -0.25) is 4.79 Å². The van der Waals surface area contributed by atoms with Crippen molar-refractivity contribution in [2.75, 3.05) is 24.7 Å². The van der Waals surface area contributed by atoms with E-state index in [0.717, 1.165) is 11.3 Å². The molecule has 25 heavy (non-hydrogen) atoms. The maximum atomic E-state index is 11.7. The van der Waals surface area contributed by atoms with Crippen molar-refractivity contribution in [1.29, 1.82) is 0 Å². The zero-order valence-electron chi connectivity index (χ0n) is 13.9. The van der Waals surface area contributed by atoms with Gasteiger partial charge in [-0.2, -0.15) is 0 Å². The van der Waals surface area contributed by atoms with Crippen LogP contribution in [0.3, 0.4) is 0 Å². The Morgan fingerprint density at radius 2 is 2.00 bits per heavy atom. The minimum atomic E-state index is -3.06. The van der Waals surface area contributed by atoms with E-state index in [1.807, 2.05) is 6.92 Å². The smallest absolute Gasteiger partial charge is 0.331 e. The SMILES string of the molecule is CCOc1ccc(/C=C/C(=O)OCC(=O)N[C@H]2CCS(=O)(=O)C2)cc1. The van der Waals surface area contributed by atoms with E-state index in [-0.39, 0.29) is 11.5 Å². The molecule has 1 aromatic carbocycles. The van der Waals surface area contributed by atoms with E-state index in [2.05, 4.69) is 5.32 Å². The second-order valence-electron chi connectivity index (χ2n) is 5.61. The van der Waals surface area contributed by atoms with E-state index in [1.54, 1.807) is 30.3 Å². The van der Waals surface area contributed by atoms with Crippen LogP contribution in [0.5, 0.6) is 5.75 Å². The molecule has 136 valence electrons. The number of carbonyl (C=O) groups excluding carboxylic acids is 2. The van der Waals surface area contributed by atoms with Gasteiger partial charge in [-0.1, -0.05) is 12.1 Å². The molecule has 0 saturated carbocycles. The lowest BCUT2D eigenvalue weighted by molar-refractivity contribution is -0.143. The summed E-state index contributed by atoms with van der Waals surface area (Å²) in [5, 5.41) is 2.55. The predicted molar refractivity (Wildman–Crippen MR) is 92.8 cm³/mol. The molecule has 0 radical (unpaired) electrons. The number of hydrogen-bond donors (Lipinski definition) is 1. The molecule has 0 aromatic heterocycles. The summed E-state index contributed by atoms with van der Waals surface area (Å²) in [7, 11) is -3.06. The molecule has 7 nitrogen and oxygen atoms in total. The molecule has 2 rings (SSSR count). The molecule has 1 amide bonds. The molecule has 1 aliphatic rings. The summed E-state index contributed by atoms with van der Waals surface area (Å²) in [6, 6.07) is 6.76. The molecule has 1 aromatic rings. The number of rotatable bonds is 7. The fourth-order valence-electron chi connectivity index (χ4n) is 2.37. The first kappa shape index (κ1) is 19.0. The Kier molecular flexibility index (Phi) is 6.58. The van der Waals surface area contributed by atoms with Crippen molar-refractivity contribution in [3.05, 3.63) is 35.9 Å². The summed E-state index contributed by atoms with van der Waals surface area (Å²) in [5.74, 6) is -0.409. The maximum Gasteiger partial charge on any atom is 0.331 e. The number of esters is 1. The average molecular weight is 367 g/mol. The van der Waals surface area contributed by atoms with E-state index in [9.17, 15) is 18.0 Å². The fraction of sp³-hybridized carbons (Fsp3) is 0.412. The quantitative estimate of drug-likeness (QED) is 0.569. The monoisotopic (exact) mass is 367 g/mol. The Morgan fingerprint density at radius 1 is 1.28 bits per heavy atom. The summed E-state index contributed by atoms with van der Waals surface area (Å²) < 4.78 is 32.8. The number of ether oxygens (including phenoxy) is 2. The van der Waals surface area contributed by atoms with Crippen molar-refractivity contribution in [2.45, 2.75) is 19.4 Å². The second kappa shape index (κ2) is 8.66. The predicted octanol–water partition coefficient (Wildman–Crippen LogP) is 0.945. The Bertz CT molecular complexity index is 739. The van der Waals surface area contributed by atoms with E-state index in [4.69, 9.17) is 9.47 Å². The van der Waals surface area contributed by atoms with Gasteiger partial charge in [0, 0.05) is 12.1 Å². The van der Waals surface area contributed by atoms with Crippen LogP contribution in [0.2, 0.25) is 0 Å². The first-order valence-corrected chi connectivity index (χ1v) is 9.77. The molecule has 1 heterocycles. The van der Waals surface area contributed by atoms with Gasteiger partial charge in [0.15, 0.2) is 16.4 Å². The van der Waals surface area contributed by atoms with E-state index < -0.39 is 34.4 Å². The van der Waals surface area contributed by atoms with Gasteiger partial charge in [0.1, 0.15) is 5.75 Å². The third-order valence-corrected chi connectivity index (χ3v) is 5.31. The largest absolute Gasteiger partial charge is 0.494 e. The molecule has 1 fully saturated rings. The first-order valence-electron chi connectivity index (χ1n) is 7.95. The molecule has 1 saturated heterocycles. The van der Waals surface area contributed by atoms with Crippen molar-refractivity contribution >= 4 is 27.8 Å². The molecule has 1 aliphatic heterocycles. The molecule has 0 unspecified atom stereocenters. The Morgan fingerprint density at radius 3 is 2.60 bits per heavy atom. The Labute approximate surface area is 146 Å². The number of hydrogen-bond acceptors (Lipinski definition) is 6. The van der Waals surface area contributed by atoms with Gasteiger partial charge >= 0.3 is 5.97 Å². The third-order valence-electron chi connectivity index (χ3n) is 3.55. The molecule has 1 atom stereocenters. The zero-order chi connectivity index (χ0) is 18.3. The van der Waals surface area contributed by atoms with Crippen molar-refractivity contribution in [3.8, 4) is 5.75 Å². The van der Waals surface area contributed by atoms with Crippen LogP contribution in [-0.4, -0.2) is 51.1 Å². The highest BCUT2D eigenvalue weighted by molar-refractivity contribution is 7.91. The topological polar surface area (TPSA) is 98.8 Å². The van der Waals surface area contributed by atoms with Crippen molar-refractivity contribution < 1.29 is 27.5 Å². The zero-order valence-corrected chi connectivity index (χ0v) is 14.8. The highest BCUT2D eigenvalue weighted by Crippen LogP contribution is 2.13. The summed E-state index contributed by atoms with van der Waals surface area (Å²) in [6.07, 6.45) is 3.18. The van der Waals surface area contributed by atoms with Gasteiger partial charge in [-0.15, -0.1) is 0 Å². The number of nitrogens with one attached hydrogen (secondary N) is 1. The standard InChI is InChI=1S/C17H21NO6S/c1-2-23-15-6-3-13(4-7-15)5-8-17(20)24-11-16(19)18-14-9-10-25(21,22)12-14/h3-8,14H,2,9-12H2,1H3,(H,18,19)/b8-5+/t14-/m0/s1. The molecule has 0 aliphatic carbocycles. The molecular weight excluding hydrogens is 346 g/mol. The Balaban J connectivity index is 1.73. The minimum absolute atomic E-state index is 0.0651. The first-order chi connectivity index (χ1) is 11.9. The van der Waals surface area contributed by atoms with Crippen LogP contribution in [0.15, 0.2) is 30.3 Å². The van der Waals surface area contributed by atoms with E-state index >= 15 is 0 Å². The fourth-order valence-corrected chi connectivity index (χ4v) is 4.04. The lowest BCUT2D eigenvalue weighted by atomic mass is 10.2. The molecule has 0 spiro atoms. The number of carbonyl (C=O) groups is 2. The number of amides is 1. The summed E-state index contributed by atoms with van der Waals surface area (Å²) in [4.78, 5) is 23.3. The van der Waals surface area contributed by atoms with Crippen LogP contribution >= 0.6 is 0 Å². The summed E-state index contributed by atoms with van der Waals surface area (Å²) >= 11 is 0. The maximum absolute atomic E-state index is 11.7. The normalized spacial score (nSPS) is 18.8. The second-order valence-corrected chi connectivity index (χ2v) is 7.84. The van der Waals surface area contributed by atoms with Gasteiger partial charge < -0.3 is 14.8 Å². The van der Waals surface area contributed by atoms with Gasteiger partial charge in [-0.05, 0) is 37.1 Å². The molecule has 8 heteroatoms. The van der Waals surface area contributed by atoms with Crippen LogP contribution in [0.1, 0.15) is 18.9 Å². The van der Waals surface area contributed by atoms with Crippen molar-refractivity contribution in [2.24, 2.45) is 0 Å². The minimum Gasteiger partial charge on any atom is -0.494 e. The van der Waals surface area contributed by atoms with Gasteiger partial charge in [0.25, 0.3) is 5.91 Å². The van der Waals surface area contributed by atoms with E-state index in [1.165, 1.54) is 6.08 Å². The van der Waals surface area contributed by atoms with Crippen LogP contribution < -0.4 is 10.1 Å².